The Bertz CT molecular complexity index is 743. The Labute approximate surface area is 139 Å². The van der Waals surface area contributed by atoms with Crippen LogP contribution in [0.4, 0.5) is 5.69 Å². The molecule has 0 atom stereocenters. The molecule has 0 N–H and O–H groups in total. The second-order valence-corrected chi connectivity index (χ2v) is 6.12. The number of anilines is 1. The van der Waals surface area contributed by atoms with E-state index in [4.69, 9.17) is 9.15 Å². The molecule has 24 heavy (non-hydrogen) atoms. The number of carbonyl (C=O) groups excluding carboxylic acids is 1. The lowest BCUT2D eigenvalue weighted by Gasteiger charge is -2.33. The minimum absolute atomic E-state index is 0.0384. The number of rotatable bonds is 5. The summed E-state index contributed by atoms with van der Waals surface area (Å²) >= 11 is 0. The van der Waals surface area contributed by atoms with Crippen LogP contribution in [0.2, 0.25) is 0 Å². The first-order valence-corrected chi connectivity index (χ1v) is 8.08. The number of hydrogen-bond acceptors (Lipinski definition) is 7. The molecule has 8 heteroatoms. The lowest BCUT2D eigenvalue weighted by molar-refractivity contribution is -0.121. The minimum atomic E-state index is 0.0384. The maximum Gasteiger partial charge on any atom is 0.241 e. The molecule has 0 spiro atoms. The van der Waals surface area contributed by atoms with Gasteiger partial charge in [-0.15, -0.1) is 10.2 Å². The van der Waals surface area contributed by atoms with Crippen molar-refractivity contribution in [3.05, 3.63) is 30.1 Å². The van der Waals surface area contributed by atoms with Crippen molar-refractivity contribution in [3.8, 4) is 5.88 Å². The summed E-state index contributed by atoms with van der Waals surface area (Å²) in [5.41, 5.74) is 0.806. The van der Waals surface area contributed by atoms with Crippen LogP contribution < -0.4 is 9.64 Å². The van der Waals surface area contributed by atoms with E-state index in [1.54, 1.807) is 24.3 Å². The van der Waals surface area contributed by atoms with Gasteiger partial charge in [0, 0.05) is 31.3 Å². The Kier molecular flexibility index (Phi) is 3.89. The summed E-state index contributed by atoms with van der Waals surface area (Å²) in [6.07, 6.45) is 3.91. The van der Waals surface area contributed by atoms with Crippen LogP contribution in [-0.2, 0) is 11.3 Å². The van der Waals surface area contributed by atoms with E-state index < -0.39 is 0 Å². The molecule has 2 aromatic rings. The van der Waals surface area contributed by atoms with Gasteiger partial charge < -0.3 is 14.1 Å². The number of carbonyl (C=O) groups is 1. The van der Waals surface area contributed by atoms with Gasteiger partial charge in [0.05, 0.1) is 25.9 Å². The molecule has 0 aromatic carbocycles. The van der Waals surface area contributed by atoms with Gasteiger partial charge in [0.1, 0.15) is 0 Å². The zero-order chi connectivity index (χ0) is 16.5. The van der Waals surface area contributed by atoms with E-state index in [0.29, 0.717) is 37.3 Å². The Balaban J connectivity index is 1.39. The summed E-state index contributed by atoms with van der Waals surface area (Å²) < 4.78 is 10.8. The third-order valence-electron chi connectivity index (χ3n) is 4.31. The van der Waals surface area contributed by atoms with Crippen molar-refractivity contribution in [1.82, 2.24) is 20.1 Å². The Morgan fingerprint density at radius 1 is 1.33 bits per heavy atom. The number of aromatic nitrogens is 3. The van der Waals surface area contributed by atoms with Crippen molar-refractivity contribution in [1.29, 1.82) is 0 Å². The molecule has 1 amide bonds. The molecule has 1 saturated heterocycles. The second kappa shape index (κ2) is 6.20. The topological polar surface area (TPSA) is 84.6 Å². The molecule has 2 aromatic heterocycles. The standard InChI is InChI=1S/C16H19N5O3/c1-23-13-8-12(4-5-17-13)21-7-6-20(10-15(21)22)9-14-18-19-16(24-14)11-2-3-11/h4-5,8,11H,2-3,6-7,9-10H2,1H3. The third kappa shape index (κ3) is 3.09. The first-order valence-electron chi connectivity index (χ1n) is 8.08. The highest BCUT2D eigenvalue weighted by molar-refractivity contribution is 5.95. The predicted octanol–water partition coefficient (Wildman–Crippen LogP) is 1.20. The number of methoxy groups -OCH3 is 1. The summed E-state index contributed by atoms with van der Waals surface area (Å²) in [5.74, 6) is 2.31. The van der Waals surface area contributed by atoms with E-state index in [0.717, 1.165) is 31.0 Å². The normalized spacial score (nSPS) is 18.9. The molecule has 0 unspecified atom stereocenters. The maximum atomic E-state index is 12.5. The fourth-order valence-electron chi connectivity index (χ4n) is 2.83. The zero-order valence-electron chi connectivity index (χ0n) is 13.5. The van der Waals surface area contributed by atoms with Gasteiger partial charge in [-0.05, 0) is 18.9 Å². The molecular weight excluding hydrogens is 310 g/mol. The van der Waals surface area contributed by atoms with Gasteiger partial charge in [-0.25, -0.2) is 4.98 Å². The highest BCUT2D eigenvalue weighted by atomic mass is 16.5. The molecule has 2 fully saturated rings. The molecule has 126 valence electrons. The van der Waals surface area contributed by atoms with Gasteiger partial charge in [-0.1, -0.05) is 0 Å². The number of piperazine rings is 1. The van der Waals surface area contributed by atoms with E-state index in [1.807, 2.05) is 11.0 Å². The van der Waals surface area contributed by atoms with Crippen LogP contribution in [0, 0.1) is 0 Å². The lowest BCUT2D eigenvalue weighted by atomic mass is 10.2. The number of pyridine rings is 1. The van der Waals surface area contributed by atoms with Crippen molar-refractivity contribution in [3.63, 3.8) is 0 Å². The fraction of sp³-hybridized carbons (Fsp3) is 0.500. The van der Waals surface area contributed by atoms with Gasteiger partial charge in [0.25, 0.3) is 0 Å². The molecule has 3 heterocycles. The van der Waals surface area contributed by atoms with Gasteiger partial charge in [-0.2, -0.15) is 0 Å². The Morgan fingerprint density at radius 2 is 2.21 bits per heavy atom. The average Bonchev–Trinajstić information content (AvgIpc) is 3.35. The number of amides is 1. The summed E-state index contributed by atoms with van der Waals surface area (Å²) in [7, 11) is 1.56. The lowest BCUT2D eigenvalue weighted by Crippen LogP contribution is -2.50. The molecule has 0 radical (unpaired) electrons. The van der Waals surface area contributed by atoms with Crippen molar-refractivity contribution in [2.24, 2.45) is 0 Å². The fourth-order valence-corrected chi connectivity index (χ4v) is 2.83. The number of ether oxygens (including phenoxy) is 1. The van der Waals surface area contributed by atoms with Crippen LogP contribution in [0.25, 0.3) is 0 Å². The minimum Gasteiger partial charge on any atom is -0.481 e. The Morgan fingerprint density at radius 3 is 2.96 bits per heavy atom. The summed E-state index contributed by atoms with van der Waals surface area (Å²) in [4.78, 5) is 20.3. The molecule has 1 aliphatic heterocycles. The monoisotopic (exact) mass is 329 g/mol. The smallest absolute Gasteiger partial charge is 0.241 e. The summed E-state index contributed by atoms with van der Waals surface area (Å²) in [5, 5.41) is 8.17. The molecule has 1 aliphatic carbocycles. The zero-order valence-corrected chi connectivity index (χ0v) is 13.5. The van der Waals surface area contributed by atoms with Crippen molar-refractivity contribution in [2.75, 3.05) is 31.6 Å². The van der Waals surface area contributed by atoms with Gasteiger partial charge >= 0.3 is 0 Å². The molecule has 2 aliphatic rings. The molecule has 8 nitrogen and oxygen atoms in total. The highest BCUT2D eigenvalue weighted by Crippen LogP contribution is 2.39. The van der Waals surface area contributed by atoms with Gasteiger partial charge in [-0.3, -0.25) is 9.69 Å². The van der Waals surface area contributed by atoms with Crippen LogP contribution in [0.15, 0.2) is 22.7 Å². The van der Waals surface area contributed by atoms with E-state index >= 15 is 0 Å². The van der Waals surface area contributed by atoms with Crippen LogP contribution in [0.5, 0.6) is 5.88 Å². The number of hydrogen-bond donors (Lipinski definition) is 0. The van der Waals surface area contributed by atoms with Crippen LogP contribution >= 0.6 is 0 Å². The second-order valence-electron chi connectivity index (χ2n) is 6.12. The predicted molar refractivity (Wildman–Crippen MR) is 84.7 cm³/mol. The molecule has 1 saturated carbocycles. The van der Waals surface area contributed by atoms with E-state index in [9.17, 15) is 4.79 Å². The van der Waals surface area contributed by atoms with Crippen LogP contribution in [-0.4, -0.2) is 52.7 Å². The Hall–Kier alpha value is -2.48. The van der Waals surface area contributed by atoms with E-state index in [-0.39, 0.29) is 5.91 Å². The summed E-state index contributed by atoms with van der Waals surface area (Å²) in [6, 6.07) is 3.59. The van der Waals surface area contributed by atoms with Gasteiger partial charge in [0.2, 0.25) is 23.6 Å². The van der Waals surface area contributed by atoms with Crippen molar-refractivity contribution >= 4 is 11.6 Å². The quantitative estimate of drug-likeness (QED) is 0.815. The molecule has 0 bridgehead atoms. The molecular formula is C16H19N5O3. The van der Waals surface area contributed by atoms with Crippen LogP contribution in [0.3, 0.4) is 0 Å². The first kappa shape index (κ1) is 15.1. The summed E-state index contributed by atoms with van der Waals surface area (Å²) in [6.45, 7) is 2.19. The SMILES string of the molecule is COc1cc(N2CCN(Cc3nnc(C4CC4)o3)CC2=O)ccn1. The molecule has 4 rings (SSSR count). The van der Waals surface area contributed by atoms with E-state index in [2.05, 4.69) is 15.2 Å². The number of nitrogens with zero attached hydrogens (tertiary/aromatic N) is 5. The van der Waals surface area contributed by atoms with E-state index in [1.165, 1.54) is 0 Å². The average molecular weight is 329 g/mol. The van der Waals surface area contributed by atoms with Crippen molar-refractivity contribution < 1.29 is 13.9 Å². The van der Waals surface area contributed by atoms with Crippen molar-refractivity contribution in [2.45, 2.75) is 25.3 Å². The first-order chi connectivity index (χ1) is 11.7. The third-order valence-corrected chi connectivity index (χ3v) is 4.31. The largest absolute Gasteiger partial charge is 0.481 e. The maximum absolute atomic E-state index is 12.5. The van der Waals surface area contributed by atoms with Crippen LogP contribution in [0.1, 0.15) is 30.5 Å². The highest BCUT2D eigenvalue weighted by Gasteiger charge is 2.30. The van der Waals surface area contributed by atoms with Gasteiger partial charge in [0.15, 0.2) is 0 Å².